The molecular formula is C28H27N5O4. The third-order valence-electron chi connectivity index (χ3n) is 7.66. The van der Waals surface area contributed by atoms with Crippen LogP contribution in [0.4, 0.5) is 5.69 Å². The van der Waals surface area contributed by atoms with Crippen molar-refractivity contribution in [1.82, 2.24) is 14.7 Å². The van der Waals surface area contributed by atoms with E-state index >= 15 is 0 Å². The van der Waals surface area contributed by atoms with Crippen molar-refractivity contribution in [2.45, 2.75) is 24.7 Å². The van der Waals surface area contributed by atoms with E-state index in [2.05, 4.69) is 23.3 Å². The van der Waals surface area contributed by atoms with E-state index < -0.39 is 0 Å². The lowest BCUT2D eigenvalue weighted by molar-refractivity contribution is -0.143. The van der Waals surface area contributed by atoms with Crippen molar-refractivity contribution in [3.8, 4) is 17.5 Å². The lowest BCUT2D eigenvalue weighted by Crippen LogP contribution is -2.45. The van der Waals surface area contributed by atoms with Gasteiger partial charge in [-0.2, -0.15) is 10.4 Å². The molecule has 6 rings (SSSR count). The summed E-state index contributed by atoms with van der Waals surface area (Å²) in [5.74, 6) is 0.567. The van der Waals surface area contributed by atoms with Crippen molar-refractivity contribution in [3.05, 3.63) is 71.0 Å². The maximum absolute atomic E-state index is 13.7. The molecule has 3 aliphatic rings. The summed E-state index contributed by atoms with van der Waals surface area (Å²) in [6.45, 7) is 2.56. The summed E-state index contributed by atoms with van der Waals surface area (Å²) in [4.78, 5) is 29.6. The second-order valence-electron chi connectivity index (χ2n) is 9.80. The van der Waals surface area contributed by atoms with Gasteiger partial charge in [0.15, 0.2) is 5.69 Å². The first-order chi connectivity index (χ1) is 18.0. The maximum Gasteiger partial charge on any atom is 0.277 e. The largest absolute Gasteiger partial charge is 0.497 e. The van der Waals surface area contributed by atoms with Crippen LogP contribution in [0.3, 0.4) is 0 Å². The van der Waals surface area contributed by atoms with Gasteiger partial charge in [-0.05, 0) is 61.2 Å². The smallest absolute Gasteiger partial charge is 0.277 e. The Balaban J connectivity index is 1.26. The number of anilines is 1. The number of rotatable bonds is 6. The van der Waals surface area contributed by atoms with Gasteiger partial charge in [0, 0.05) is 36.3 Å². The molecular weight excluding hydrogens is 470 g/mol. The second-order valence-corrected chi connectivity index (χ2v) is 9.80. The van der Waals surface area contributed by atoms with Gasteiger partial charge in [0.05, 0.1) is 19.4 Å². The number of carbonyl (C=O) groups excluding carboxylic acids is 2. The SMILES string of the molecule is COc1ccc(-n2nc(C#N)c3c2C(=O)N(c2ccc(C4(CN5CCOCC5=O)CC4)cc2)CC3)cc1. The zero-order chi connectivity index (χ0) is 25.6. The number of hydrogen-bond donors (Lipinski definition) is 0. The molecule has 0 bridgehead atoms. The van der Waals surface area contributed by atoms with E-state index in [9.17, 15) is 14.9 Å². The van der Waals surface area contributed by atoms with Crippen LogP contribution >= 0.6 is 0 Å². The van der Waals surface area contributed by atoms with Crippen molar-refractivity contribution >= 4 is 17.5 Å². The summed E-state index contributed by atoms with van der Waals surface area (Å²) in [5.41, 5.74) is 4.05. The Kier molecular flexibility index (Phi) is 5.69. The van der Waals surface area contributed by atoms with Crippen LogP contribution in [0, 0.1) is 11.3 Å². The molecule has 0 spiro atoms. The van der Waals surface area contributed by atoms with Crippen molar-refractivity contribution < 1.29 is 19.1 Å². The third kappa shape index (κ3) is 4.03. The molecule has 0 radical (unpaired) electrons. The predicted octanol–water partition coefficient (Wildman–Crippen LogP) is 2.85. The van der Waals surface area contributed by atoms with E-state index in [4.69, 9.17) is 9.47 Å². The van der Waals surface area contributed by atoms with Gasteiger partial charge in [0.25, 0.3) is 5.91 Å². The molecule has 1 aliphatic carbocycles. The Hall–Kier alpha value is -4.16. The number of amides is 2. The highest BCUT2D eigenvalue weighted by Crippen LogP contribution is 2.49. The Bertz CT molecular complexity index is 1400. The number of nitriles is 1. The molecule has 1 aromatic heterocycles. The molecule has 1 saturated heterocycles. The molecule has 2 aromatic carbocycles. The van der Waals surface area contributed by atoms with Gasteiger partial charge in [0.2, 0.25) is 5.91 Å². The number of nitrogens with zero attached hydrogens (tertiary/aromatic N) is 5. The number of ether oxygens (including phenoxy) is 2. The first kappa shape index (κ1) is 23.3. The van der Waals surface area contributed by atoms with Crippen LogP contribution in [0.15, 0.2) is 48.5 Å². The minimum Gasteiger partial charge on any atom is -0.497 e. The number of benzene rings is 2. The molecule has 1 saturated carbocycles. The zero-order valence-corrected chi connectivity index (χ0v) is 20.6. The molecule has 2 aliphatic heterocycles. The van der Waals surface area contributed by atoms with E-state index in [1.807, 2.05) is 29.2 Å². The minimum atomic E-state index is -0.182. The molecule has 2 amide bonds. The van der Waals surface area contributed by atoms with Crippen molar-refractivity contribution in [1.29, 1.82) is 5.26 Å². The first-order valence-corrected chi connectivity index (χ1v) is 12.5. The highest BCUT2D eigenvalue weighted by atomic mass is 16.5. The average molecular weight is 498 g/mol. The summed E-state index contributed by atoms with van der Waals surface area (Å²) >= 11 is 0. The van der Waals surface area contributed by atoms with Crippen LogP contribution in [0.25, 0.3) is 5.69 Å². The summed E-state index contributed by atoms with van der Waals surface area (Å²) in [6.07, 6.45) is 2.63. The van der Waals surface area contributed by atoms with Crippen LogP contribution in [0.1, 0.15) is 40.2 Å². The van der Waals surface area contributed by atoms with E-state index in [0.29, 0.717) is 55.4 Å². The van der Waals surface area contributed by atoms with Gasteiger partial charge in [-0.25, -0.2) is 4.68 Å². The van der Waals surface area contributed by atoms with Gasteiger partial charge >= 0.3 is 0 Å². The van der Waals surface area contributed by atoms with Gasteiger partial charge in [0.1, 0.15) is 24.1 Å². The molecule has 37 heavy (non-hydrogen) atoms. The molecule has 0 atom stereocenters. The van der Waals surface area contributed by atoms with Gasteiger partial charge < -0.3 is 19.3 Å². The fourth-order valence-corrected chi connectivity index (χ4v) is 5.37. The summed E-state index contributed by atoms with van der Waals surface area (Å²) in [7, 11) is 1.60. The Labute approximate surface area is 214 Å². The van der Waals surface area contributed by atoms with E-state index in [0.717, 1.165) is 18.5 Å². The second kappa shape index (κ2) is 9.05. The maximum atomic E-state index is 13.7. The summed E-state index contributed by atoms with van der Waals surface area (Å²) in [5, 5.41) is 14.1. The van der Waals surface area contributed by atoms with Gasteiger partial charge in [-0.1, -0.05) is 12.1 Å². The number of methoxy groups -OCH3 is 1. The van der Waals surface area contributed by atoms with Crippen LogP contribution in [-0.2, 0) is 21.4 Å². The van der Waals surface area contributed by atoms with Crippen LogP contribution in [0.2, 0.25) is 0 Å². The zero-order valence-electron chi connectivity index (χ0n) is 20.6. The number of hydrogen-bond acceptors (Lipinski definition) is 6. The van der Waals surface area contributed by atoms with E-state index in [-0.39, 0.29) is 29.5 Å². The summed E-state index contributed by atoms with van der Waals surface area (Å²) < 4.78 is 12.1. The lowest BCUT2D eigenvalue weighted by Gasteiger charge is -2.31. The quantitative estimate of drug-likeness (QED) is 0.519. The van der Waals surface area contributed by atoms with Crippen molar-refractivity contribution in [3.63, 3.8) is 0 Å². The van der Waals surface area contributed by atoms with E-state index in [1.54, 1.807) is 28.8 Å². The number of morpholine rings is 1. The molecule has 9 nitrogen and oxygen atoms in total. The van der Waals surface area contributed by atoms with Crippen LogP contribution < -0.4 is 9.64 Å². The van der Waals surface area contributed by atoms with Gasteiger partial charge in [-0.3, -0.25) is 9.59 Å². The predicted molar refractivity (Wildman–Crippen MR) is 135 cm³/mol. The lowest BCUT2D eigenvalue weighted by atomic mass is 9.94. The minimum absolute atomic E-state index is 0.0146. The average Bonchev–Trinajstić information content (AvgIpc) is 3.62. The summed E-state index contributed by atoms with van der Waals surface area (Å²) in [6, 6.07) is 17.5. The van der Waals surface area contributed by atoms with Crippen LogP contribution in [-0.4, -0.2) is 66.5 Å². The molecule has 0 unspecified atom stereocenters. The van der Waals surface area contributed by atoms with Crippen LogP contribution in [0.5, 0.6) is 5.75 Å². The highest BCUT2D eigenvalue weighted by molar-refractivity contribution is 6.07. The fraction of sp³-hybridized carbons (Fsp3) is 0.357. The number of aromatic nitrogens is 2. The molecule has 3 heterocycles. The monoisotopic (exact) mass is 497 g/mol. The molecule has 2 fully saturated rings. The Morgan fingerprint density at radius 2 is 1.78 bits per heavy atom. The van der Waals surface area contributed by atoms with E-state index in [1.165, 1.54) is 5.56 Å². The standard InChI is InChI=1S/C28H27N5O4/c1-36-22-8-6-21(7-9-22)33-26-23(24(16-29)30-33)10-13-32(27(26)35)20-4-2-19(3-5-20)28(11-12-28)18-31-14-15-37-17-25(31)34/h2-9H,10-15,17-18H2,1H3. The molecule has 9 heteroatoms. The first-order valence-electron chi connectivity index (χ1n) is 12.5. The third-order valence-corrected chi connectivity index (χ3v) is 7.66. The molecule has 3 aromatic rings. The van der Waals surface area contributed by atoms with Gasteiger partial charge in [-0.15, -0.1) is 0 Å². The van der Waals surface area contributed by atoms with Crippen molar-refractivity contribution in [2.75, 3.05) is 44.9 Å². The fourth-order valence-electron chi connectivity index (χ4n) is 5.37. The van der Waals surface area contributed by atoms with Crippen molar-refractivity contribution in [2.24, 2.45) is 0 Å². The normalized spacial score (nSPS) is 18.4. The Morgan fingerprint density at radius 3 is 2.43 bits per heavy atom. The number of fused-ring (bicyclic) bond motifs is 1. The highest BCUT2D eigenvalue weighted by Gasteiger charge is 2.46. The molecule has 0 N–H and O–H groups in total. The molecule has 188 valence electrons. The topological polar surface area (TPSA) is 101 Å². The number of carbonyl (C=O) groups is 2. The Morgan fingerprint density at radius 1 is 1.05 bits per heavy atom.